The number of rotatable bonds is 3. The summed E-state index contributed by atoms with van der Waals surface area (Å²) < 4.78 is 25.7. The maximum absolute atomic E-state index is 12.9. The molecule has 2 saturated carbocycles. The normalized spacial score (nSPS) is 30.2. The lowest BCUT2D eigenvalue weighted by atomic mass is 9.80. The van der Waals surface area contributed by atoms with Crippen molar-refractivity contribution in [3.05, 3.63) is 0 Å². The van der Waals surface area contributed by atoms with E-state index < -0.39 is 5.92 Å². The number of hydrogen-bond donors (Lipinski definition) is 1. The van der Waals surface area contributed by atoms with Crippen LogP contribution < -0.4 is 0 Å². The lowest BCUT2D eigenvalue weighted by molar-refractivity contribution is -0.0493. The van der Waals surface area contributed by atoms with Gasteiger partial charge in [0.1, 0.15) is 0 Å². The summed E-state index contributed by atoms with van der Waals surface area (Å²) in [5, 5.41) is 9.14. The number of halogens is 2. The molecule has 0 spiro atoms. The smallest absolute Gasteiger partial charge is 0.248 e. The van der Waals surface area contributed by atoms with Crippen molar-refractivity contribution in [2.24, 2.45) is 11.3 Å². The van der Waals surface area contributed by atoms with E-state index >= 15 is 0 Å². The monoisotopic (exact) mass is 204 g/mol. The van der Waals surface area contributed by atoms with E-state index in [0.717, 1.165) is 19.3 Å². The van der Waals surface area contributed by atoms with Gasteiger partial charge in [-0.25, -0.2) is 8.78 Å². The van der Waals surface area contributed by atoms with E-state index in [9.17, 15) is 8.78 Å². The van der Waals surface area contributed by atoms with Gasteiger partial charge in [-0.3, -0.25) is 0 Å². The summed E-state index contributed by atoms with van der Waals surface area (Å²) in [7, 11) is 0. The van der Waals surface area contributed by atoms with Crippen LogP contribution in [0.2, 0.25) is 0 Å². The van der Waals surface area contributed by atoms with Gasteiger partial charge in [0.25, 0.3) is 0 Å². The van der Waals surface area contributed by atoms with Gasteiger partial charge in [-0.15, -0.1) is 0 Å². The standard InChI is InChI=1S/C11H18F2O/c12-11(13)3-1-9(2-4-11)7-10(8-14)5-6-10/h9,14H,1-8H2. The molecule has 14 heavy (non-hydrogen) atoms. The Morgan fingerprint density at radius 1 is 1.07 bits per heavy atom. The lowest BCUT2D eigenvalue weighted by Crippen LogP contribution is -2.26. The number of aliphatic hydroxyl groups excluding tert-OH is 1. The lowest BCUT2D eigenvalue weighted by Gasteiger charge is -2.30. The summed E-state index contributed by atoms with van der Waals surface area (Å²) in [5.74, 6) is -1.98. The molecule has 0 aromatic carbocycles. The largest absolute Gasteiger partial charge is 0.396 e. The Hall–Kier alpha value is -0.180. The molecule has 0 bridgehead atoms. The van der Waals surface area contributed by atoms with Crippen molar-refractivity contribution in [2.45, 2.75) is 50.9 Å². The van der Waals surface area contributed by atoms with Gasteiger partial charge in [0.2, 0.25) is 5.92 Å². The van der Waals surface area contributed by atoms with Gasteiger partial charge in [-0.05, 0) is 43.4 Å². The van der Waals surface area contributed by atoms with Gasteiger partial charge >= 0.3 is 0 Å². The van der Waals surface area contributed by atoms with Crippen LogP contribution in [-0.4, -0.2) is 17.6 Å². The summed E-state index contributed by atoms with van der Waals surface area (Å²) in [6.07, 6.45) is 4.56. The first-order valence-corrected chi connectivity index (χ1v) is 5.54. The highest BCUT2D eigenvalue weighted by molar-refractivity contribution is 4.95. The quantitative estimate of drug-likeness (QED) is 0.749. The summed E-state index contributed by atoms with van der Waals surface area (Å²) in [4.78, 5) is 0. The van der Waals surface area contributed by atoms with Gasteiger partial charge < -0.3 is 5.11 Å². The molecule has 3 heteroatoms. The van der Waals surface area contributed by atoms with Crippen molar-refractivity contribution < 1.29 is 13.9 Å². The van der Waals surface area contributed by atoms with Crippen LogP contribution in [0.3, 0.4) is 0 Å². The van der Waals surface area contributed by atoms with Crippen LogP contribution >= 0.6 is 0 Å². The van der Waals surface area contributed by atoms with Gasteiger partial charge in [-0.1, -0.05) is 0 Å². The fourth-order valence-electron chi connectivity index (χ4n) is 2.52. The predicted octanol–water partition coefficient (Wildman–Crippen LogP) is 2.97. The zero-order valence-electron chi connectivity index (χ0n) is 8.44. The van der Waals surface area contributed by atoms with Gasteiger partial charge in [0, 0.05) is 19.4 Å². The van der Waals surface area contributed by atoms with Crippen molar-refractivity contribution in [3.63, 3.8) is 0 Å². The van der Waals surface area contributed by atoms with Crippen molar-refractivity contribution in [1.82, 2.24) is 0 Å². The third-order valence-electron chi connectivity index (χ3n) is 3.85. The second-order valence-corrected chi connectivity index (χ2v) is 5.16. The first-order chi connectivity index (χ1) is 6.55. The third-order valence-corrected chi connectivity index (χ3v) is 3.85. The number of hydrogen-bond acceptors (Lipinski definition) is 1. The molecule has 0 aromatic rings. The molecule has 0 aliphatic heterocycles. The van der Waals surface area contributed by atoms with Gasteiger partial charge in [0.05, 0.1) is 0 Å². The van der Waals surface area contributed by atoms with Crippen molar-refractivity contribution in [1.29, 1.82) is 0 Å². The molecule has 0 unspecified atom stereocenters. The minimum absolute atomic E-state index is 0.0547. The van der Waals surface area contributed by atoms with Crippen LogP contribution in [0.5, 0.6) is 0 Å². The van der Waals surface area contributed by atoms with E-state index in [1.807, 2.05) is 0 Å². The molecule has 2 fully saturated rings. The Bertz CT molecular complexity index is 201. The van der Waals surface area contributed by atoms with Gasteiger partial charge in [0.15, 0.2) is 0 Å². The third kappa shape index (κ3) is 2.25. The number of aliphatic hydroxyl groups is 1. The molecule has 0 saturated heterocycles. The minimum atomic E-state index is -2.41. The Labute approximate surface area is 83.5 Å². The Morgan fingerprint density at radius 3 is 2.07 bits per heavy atom. The molecule has 0 atom stereocenters. The van der Waals surface area contributed by atoms with Crippen LogP contribution in [0, 0.1) is 11.3 Å². The Morgan fingerprint density at radius 2 is 1.64 bits per heavy atom. The van der Waals surface area contributed by atoms with E-state index in [0.29, 0.717) is 18.8 Å². The predicted molar refractivity (Wildman–Crippen MR) is 50.3 cm³/mol. The van der Waals surface area contributed by atoms with E-state index in [1.165, 1.54) is 0 Å². The molecule has 2 rings (SSSR count). The molecule has 1 N–H and O–H groups in total. The van der Waals surface area contributed by atoms with E-state index in [1.54, 1.807) is 0 Å². The molecule has 0 amide bonds. The average molecular weight is 204 g/mol. The molecule has 82 valence electrons. The zero-order valence-corrected chi connectivity index (χ0v) is 8.44. The van der Waals surface area contributed by atoms with E-state index in [2.05, 4.69) is 0 Å². The highest BCUT2D eigenvalue weighted by Gasteiger charge is 2.45. The van der Waals surface area contributed by atoms with Gasteiger partial charge in [-0.2, -0.15) is 0 Å². The highest BCUT2D eigenvalue weighted by atomic mass is 19.3. The van der Waals surface area contributed by atoms with E-state index in [-0.39, 0.29) is 24.9 Å². The van der Waals surface area contributed by atoms with Crippen molar-refractivity contribution >= 4 is 0 Å². The molecule has 2 aliphatic rings. The molecule has 0 aromatic heterocycles. The van der Waals surface area contributed by atoms with Crippen LogP contribution in [0.1, 0.15) is 44.9 Å². The van der Waals surface area contributed by atoms with E-state index in [4.69, 9.17) is 5.11 Å². The fourth-order valence-corrected chi connectivity index (χ4v) is 2.52. The molecule has 0 heterocycles. The highest BCUT2D eigenvalue weighted by Crippen LogP contribution is 2.52. The minimum Gasteiger partial charge on any atom is -0.396 e. The van der Waals surface area contributed by atoms with Crippen molar-refractivity contribution in [2.75, 3.05) is 6.61 Å². The van der Waals surface area contributed by atoms with Crippen LogP contribution in [0.4, 0.5) is 8.78 Å². The molecular formula is C11H18F2O. The van der Waals surface area contributed by atoms with Crippen LogP contribution in [0.15, 0.2) is 0 Å². The number of alkyl halides is 2. The summed E-state index contributed by atoms with van der Waals surface area (Å²) in [6, 6.07) is 0. The molecule has 1 nitrogen and oxygen atoms in total. The maximum Gasteiger partial charge on any atom is 0.248 e. The molecule has 2 aliphatic carbocycles. The summed E-state index contributed by atoms with van der Waals surface area (Å²) in [6.45, 7) is 0.250. The molecule has 0 radical (unpaired) electrons. The maximum atomic E-state index is 12.9. The SMILES string of the molecule is OCC1(CC2CCC(F)(F)CC2)CC1. The zero-order chi connectivity index (χ0) is 10.2. The van der Waals surface area contributed by atoms with Crippen LogP contribution in [-0.2, 0) is 0 Å². The van der Waals surface area contributed by atoms with Crippen molar-refractivity contribution in [3.8, 4) is 0 Å². The average Bonchev–Trinajstić information content (AvgIpc) is 2.90. The fraction of sp³-hybridized carbons (Fsp3) is 1.00. The topological polar surface area (TPSA) is 20.2 Å². The first-order valence-electron chi connectivity index (χ1n) is 5.54. The summed E-state index contributed by atoms with van der Waals surface area (Å²) in [5.41, 5.74) is 0.136. The molecular weight excluding hydrogens is 186 g/mol. The van der Waals surface area contributed by atoms with Crippen LogP contribution in [0.25, 0.3) is 0 Å². The second-order valence-electron chi connectivity index (χ2n) is 5.16. The second kappa shape index (κ2) is 3.44. The Balaban J connectivity index is 1.79. The Kier molecular flexibility index (Phi) is 2.54. The summed E-state index contributed by atoms with van der Waals surface area (Å²) >= 11 is 0. The first kappa shape index (κ1) is 10.3.